The van der Waals surface area contributed by atoms with E-state index >= 15 is 0 Å². The van der Waals surface area contributed by atoms with Crippen molar-refractivity contribution >= 4 is 0 Å². The summed E-state index contributed by atoms with van der Waals surface area (Å²) in [4.78, 5) is 14.1. The summed E-state index contributed by atoms with van der Waals surface area (Å²) in [6.07, 6.45) is 2.45. The molecule has 0 aromatic carbocycles. The first-order valence-corrected chi connectivity index (χ1v) is 9.84. The predicted molar refractivity (Wildman–Crippen MR) is 105 cm³/mol. The van der Waals surface area contributed by atoms with E-state index in [-0.39, 0.29) is 12.6 Å². The number of rotatable bonds is 17. The number of nitrogens with one attached hydrogen (secondary N) is 3. The lowest BCUT2D eigenvalue weighted by Gasteiger charge is -2.46. The summed E-state index contributed by atoms with van der Waals surface area (Å²) < 4.78 is 0. The maximum atomic E-state index is 9.72. The van der Waals surface area contributed by atoms with Gasteiger partial charge in [-0.05, 0) is 59.7 Å². The molecule has 5 unspecified atom stereocenters. The van der Waals surface area contributed by atoms with Crippen LogP contribution in [0.15, 0.2) is 0 Å². The van der Waals surface area contributed by atoms with Gasteiger partial charge in [0, 0.05) is 17.1 Å². The Morgan fingerprint density at radius 2 is 1.41 bits per heavy atom. The van der Waals surface area contributed by atoms with Crippen LogP contribution in [0.5, 0.6) is 0 Å². The molecule has 6 N–H and O–H groups in total. The molecule has 9 nitrogen and oxygen atoms in total. The molecule has 0 heterocycles. The first-order chi connectivity index (χ1) is 12.9. The lowest BCUT2D eigenvalue weighted by atomic mass is 9.74. The molecule has 9 heteroatoms. The molecule has 0 aromatic heterocycles. The van der Waals surface area contributed by atoms with Gasteiger partial charge in [-0.3, -0.25) is 15.8 Å². The third-order valence-electron chi connectivity index (χ3n) is 6.33. The molecule has 0 radical (unpaired) electrons. The summed E-state index contributed by atoms with van der Waals surface area (Å²) in [5.41, 5.74) is -1.26. The van der Waals surface area contributed by atoms with Gasteiger partial charge in [-0.15, -0.1) is 0 Å². The van der Waals surface area contributed by atoms with Crippen LogP contribution in [0.3, 0.4) is 0 Å². The topological polar surface area (TPSA) is 124 Å². The van der Waals surface area contributed by atoms with Crippen LogP contribution in [0.25, 0.3) is 0 Å². The average molecular weight is 396 g/mol. The van der Waals surface area contributed by atoms with Crippen molar-refractivity contribution in [1.82, 2.24) is 16.0 Å². The summed E-state index contributed by atoms with van der Waals surface area (Å²) >= 11 is 0. The summed E-state index contributed by atoms with van der Waals surface area (Å²) in [5.74, 6) is 0. The smallest absolute Gasteiger partial charge is 0.113 e. The minimum atomic E-state index is -0.635. The van der Waals surface area contributed by atoms with Crippen LogP contribution in [-0.2, 0) is 14.7 Å². The SMILES string of the molecule is CCC(CC(OO)C(CC)(CC(OO)C(CC)(CCOO)NC)NC)NC. The van der Waals surface area contributed by atoms with Crippen LogP contribution in [0.2, 0.25) is 0 Å². The Hall–Kier alpha value is -0.360. The van der Waals surface area contributed by atoms with Gasteiger partial charge in [0.2, 0.25) is 0 Å². The zero-order valence-corrected chi connectivity index (χ0v) is 17.7. The molecule has 0 bridgehead atoms. The van der Waals surface area contributed by atoms with Crippen LogP contribution in [0.1, 0.15) is 59.3 Å². The number of likely N-dealkylation sites (N-methyl/N-ethyl adjacent to an activating group) is 2. The molecule has 0 saturated heterocycles. The number of hydrogen-bond acceptors (Lipinski definition) is 9. The van der Waals surface area contributed by atoms with E-state index in [1.807, 2.05) is 27.9 Å². The minimum Gasteiger partial charge on any atom is -0.317 e. The summed E-state index contributed by atoms with van der Waals surface area (Å²) in [5, 5.41) is 37.9. The molecule has 164 valence electrons. The van der Waals surface area contributed by atoms with E-state index in [2.05, 4.69) is 27.8 Å². The molecular formula is C18H41N3O6. The van der Waals surface area contributed by atoms with E-state index < -0.39 is 23.3 Å². The Balaban J connectivity index is 5.73. The Morgan fingerprint density at radius 3 is 1.74 bits per heavy atom. The quantitative estimate of drug-likeness (QED) is 0.162. The second-order valence-corrected chi connectivity index (χ2v) is 7.12. The van der Waals surface area contributed by atoms with Crippen molar-refractivity contribution in [3.8, 4) is 0 Å². The fourth-order valence-corrected chi connectivity index (χ4v) is 3.98. The van der Waals surface area contributed by atoms with E-state index in [9.17, 15) is 10.5 Å². The molecule has 0 amide bonds. The van der Waals surface area contributed by atoms with E-state index in [1.54, 1.807) is 7.05 Å². The Labute approximate surface area is 163 Å². The van der Waals surface area contributed by atoms with E-state index in [0.717, 1.165) is 6.42 Å². The van der Waals surface area contributed by atoms with Crippen LogP contribution in [-0.4, -0.2) is 72.8 Å². The van der Waals surface area contributed by atoms with Crippen molar-refractivity contribution in [2.24, 2.45) is 0 Å². The zero-order valence-electron chi connectivity index (χ0n) is 17.7. The highest BCUT2D eigenvalue weighted by Gasteiger charge is 2.46. The molecule has 0 aliphatic heterocycles. The van der Waals surface area contributed by atoms with Gasteiger partial charge in [0.05, 0.1) is 6.61 Å². The van der Waals surface area contributed by atoms with Crippen molar-refractivity contribution in [3.05, 3.63) is 0 Å². The Bertz CT molecular complexity index is 363. The molecule has 0 fully saturated rings. The van der Waals surface area contributed by atoms with Crippen molar-refractivity contribution < 1.29 is 30.4 Å². The van der Waals surface area contributed by atoms with Crippen molar-refractivity contribution in [2.75, 3.05) is 27.7 Å². The van der Waals surface area contributed by atoms with Gasteiger partial charge in [0.15, 0.2) is 0 Å². The van der Waals surface area contributed by atoms with Crippen LogP contribution < -0.4 is 16.0 Å². The second-order valence-electron chi connectivity index (χ2n) is 7.12. The molecule has 0 saturated carbocycles. The van der Waals surface area contributed by atoms with Gasteiger partial charge >= 0.3 is 0 Å². The molecule has 5 atom stereocenters. The molecule has 0 spiro atoms. The monoisotopic (exact) mass is 395 g/mol. The first kappa shape index (κ1) is 26.6. The van der Waals surface area contributed by atoms with E-state index in [0.29, 0.717) is 32.1 Å². The molecule has 27 heavy (non-hydrogen) atoms. The molecule has 0 aliphatic carbocycles. The fraction of sp³-hybridized carbons (Fsp3) is 1.00. The Kier molecular flexibility index (Phi) is 13.6. The highest BCUT2D eigenvalue weighted by atomic mass is 17.1. The number of hydrogen-bond donors (Lipinski definition) is 6. The van der Waals surface area contributed by atoms with Gasteiger partial charge in [-0.25, -0.2) is 14.7 Å². The zero-order chi connectivity index (χ0) is 20.9. The van der Waals surface area contributed by atoms with E-state index in [4.69, 9.17) is 15.0 Å². The molecule has 0 rings (SSSR count). The highest BCUT2D eigenvalue weighted by molar-refractivity contribution is 5.03. The van der Waals surface area contributed by atoms with Gasteiger partial charge in [0.1, 0.15) is 12.2 Å². The molecule has 0 aromatic rings. The minimum absolute atomic E-state index is 0.102. The van der Waals surface area contributed by atoms with Gasteiger partial charge in [0.25, 0.3) is 0 Å². The standard InChI is InChI=1S/C18H41N3O6/c1-7-14(19-4)12-15(26-23)18(9-3,21-6)13-16(27-24)17(8-2,20-5)10-11-25-22/h14-16,19-24H,7-13H2,1-6H3. The van der Waals surface area contributed by atoms with Crippen LogP contribution in [0, 0.1) is 0 Å². The van der Waals surface area contributed by atoms with Gasteiger partial charge < -0.3 is 16.0 Å². The largest absolute Gasteiger partial charge is 0.317 e. The van der Waals surface area contributed by atoms with Crippen molar-refractivity contribution in [2.45, 2.75) is 88.6 Å². The maximum absolute atomic E-state index is 9.72. The van der Waals surface area contributed by atoms with Crippen LogP contribution in [0.4, 0.5) is 0 Å². The summed E-state index contributed by atoms with van der Waals surface area (Å²) in [6, 6.07) is 0.179. The van der Waals surface area contributed by atoms with Crippen molar-refractivity contribution in [3.63, 3.8) is 0 Å². The Morgan fingerprint density at radius 1 is 0.852 bits per heavy atom. The lowest BCUT2D eigenvalue weighted by molar-refractivity contribution is -0.322. The van der Waals surface area contributed by atoms with Crippen molar-refractivity contribution in [1.29, 1.82) is 0 Å². The van der Waals surface area contributed by atoms with Crippen LogP contribution >= 0.6 is 0 Å². The third-order valence-corrected chi connectivity index (χ3v) is 6.33. The lowest BCUT2D eigenvalue weighted by Crippen LogP contribution is -2.62. The average Bonchev–Trinajstić information content (AvgIpc) is 2.72. The second kappa shape index (κ2) is 13.8. The van der Waals surface area contributed by atoms with Gasteiger partial charge in [-0.1, -0.05) is 20.8 Å². The summed E-state index contributed by atoms with van der Waals surface area (Å²) in [6.45, 7) is 6.15. The summed E-state index contributed by atoms with van der Waals surface area (Å²) in [7, 11) is 5.48. The molecular weight excluding hydrogens is 354 g/mol. The fourth-order valence-electron chi connectivity index (χ4n) is 3.98. The first-order valence-electron chi connectivity index (χ1n) is 9.84. The third kappa shape index (κ3) is 6.88. The normalized spacial score (nSPS) is 19.9. The van der Waals surface area contributed by atoms with Gasteiger partial charge in [-0.2, -0.15) is 0 Å². The van der Waals surface area contributed by atoms with E-state index in [1.165, 1.54) is 0 Å². The predicted octanol–water partition coefficient (Wildman–Crippen LogP) is 2.10. The highest BCUT2D eigenvalue weighted by Crippen LogP contribution is 2.34. The molecule has 0 aliphatic rings. The maximum Gasteiger partial charge on any atom is 0.113 e.